The minimum Gasteiger partial charge on any atom is -0.480 e. The fraction of sp³-hybridized carbons (Fsp3) is 0.700. The molecule has 0 aliphatic heterocycles. The van der Waals surface area contributed by atoms with Crippen LogP contribution in [0.15, 0.2) is 0 Å². The lowest BCUT2D eigenvalue weighted by molar-refractivity contribution is -0.157. The topological polar surface area (TPSA) is 127 Å². The van der Waals surface area contributed by atoms with Crippen LogP contribution in [0, 0.1) is 5.92 Å². The molecule has 0 aromatic heterocycles. The zero-order valence-corrected chi connectivity index (χ0v) is 10.0. The van der Waals surface area contributed by atoms with Gasteiger partial charge < -0.3 is 16.6 Å². The highest BCUT2D eigenvalue weighted by Gasteiger charge is 2.33. The Kier molecular flexibility index (Phi) is 6.37. The predicted molar refractivity (Wildman–Crippen MR) is 60.8 cm³/mol. The molecule has 0 aromatic carbocycles. The van der Waals surface area contributed by atoms with Crippen molar-refractivity contribution < 1.29 is 19.5 Å². The van der Waals surface area contributed by atoms with E-state index in [0.717, 1.165) is 0 Å². The molecule has 98 valence electrons. The summed E-state index contributed by atoms with van der Waals surface area (Å²) < 4.78 is 0. The Balaban J connectivity index is 5.14. The molecule has 0 rings (SSSR count). The van der Waals surface area contributed by atoms with Crippen molar-refractivity contribution in [1.29, 1.82) is 0 Å². The van der Waals surface area contributed by atoms with E-state index in [1.165, 1.54) is 0 Å². The van der Waals surface area contributed by atoms with Gasteiger partial charge in [-0.2, -0.15) is 0 Å². The van der Waals surface area contributed by atoms with Gasteiger partial charge in [-0.15, -0.1) is 0 Å². The standard InChI is InChI=1S/C10H19N3O4/c1-6(2)3-7(10(16)17)13(8(14)4-11)9(15)5-12/h6-7H,3-5,11-12H2,1-2H3,(H,16,17). The maximum absolute atomic E-state index is 11.5. The number of nitrogens with zero attached hydrogens (tertiary/aromatic N) is 1. The summed E-state index contributed by atoms with van der Waals surface area (Å²) in [5.74, 6) is -2.67. The van der Waals surface area contributed by atoms with Gasteiger partial charge in [0, 0.05) is 0 Å². The third-order valence-electron chi connectivity index (χ3n) is 2.18. The van der Waals surface area contributed by atoms with Crippen molar-refractivity contribution in [2.45, 2.75) is 26.3 Å². The summed E-state index contributed by atoms with van der Waals surface area (Å²) in [6.45, 7) is 2.75. The van der Waals surface area contributed by atoms with Crippen LogP contribution in [0.5, 0.6) is 0 Å². The number of hydrogen-bond donors (Lipinski definition) is 3. The molecule has 0 radical (unpaired) electrons. The molecule has 0 spiro atoms. The van der Waals surface area contributed by atoms with Gasteiger partial charge in [-0.25, -0.2) is 4.79 Å². The number of nitrogens with two attached hydrogens (primary N) is 2. The van der Waals surface area contributed by atoms with E-state index in [9.17, 15) is 14.4 Å². The summed E-state index contributed by atoms with van der Waals surface area (Å²) in [5.41, 5.74) is 10.3. The molecule has 0 saturated heterocycles. The molecule has 5 N–H and O–H groups in total. The minimum atomic E-state index is -1.23. The Morgan fingerprint density at radius 2 is 1.53 bits per heavy atom. The summed E-state index contributed by atoms with van der Waals surface area (Å²) >= 11 is 0. The predicted octanol–water partition coefficient (Wildman–Crippen LogP) is -1.24. The van der Waals surface area contributed by atoms with Gasteiger partial charge in [-0.1, -0.05) is 13.8 Å². The van der Waals surface area contributed by atoms with E-state index in [-0.39, 0.29) is 12.3 Å². The van der Waals surface area contributed by atoms with E-state index in [0.29, 0.717) is 4.90 Å². The Bertz CT molecular complexity index is 288. The summed E-state index contributed by atoms with van der Waals surface area (Å²) in [4.78, 5) is 34.7. The van der Waals surface area contributed by atoms with Gasteiger partial charge >= 0.3 is 5.97 Å². The first kappa shape index (κ1) is 15.5. The molecular formula is C10H19N3O4. The monoisotopic (exact) mass is 245 g/mol. The quantitative estimate of drug-likeness (QED) is 0.537. The van der Waals surface area contributed by atoms with Crippen molar-refractivity contribution in [3.63, 3.8) is 0 Å². The molecule has 0 heterocycles. The maximum Gasteiger partial charge on any atom is 0.326 e. The number of hydrogen-bond acceptors (Lipinski definition) is 5. The Hall–Kier alpha value is -1.47. The Morgan fingerprint density at radius 3 is 1.76 bits per heavy atom. The molecule has 0 saturated carbocycles. The van der Waals surface area contributed by atoms with Crippen LogP contribution in [-0.4, -0.2) is 46.9 Å². The van der Waals surface area contributed by atoms with E-state index in [1.807, 2.05) is 0 Å². The largest absolute Gasteiger partial charge is 0.480 e. The second kappa shape index (κ2) is 6.97. The molecule has 1 unspecified atom stereocenters. The number of carbonyl (C=O) groups excluding carboxylic acids is 2. The highest BCUT2D eigenvalue weighted by molar-refractivity contribution is 6.00. The molecule has 0 aliphatic carbocycles. The number of aliphatic carboxylic acids is 1. The molecule has 0 aliphatic rings. The number of amides is 2. The molecule has 0 bridgehead atoms. The van der Waals surface area contributed by atoms with Gasteiger partial charge in [0.05, 0.1) is 13.1 Å². The number of carbonyl (C=O) groups is 3. The molecular weight excluding hydrogens is 226 g/mol. The van der Waals surface area contributed by atoms with E-state index in [1.54, 1.807) is 13.8 Å². The first-order valence-corrected chi connectivity index (χ1v) is 5.32. The SMILES string of the molecule is CC(C)CC(C(=O)O)N(C(=O)CN)C(=O)CN. The van der Waals surface area contributed by atoms with Crippen LogP contribution >= 0.6 is 0 Å². The molecule has 7 nitrogen and oxygen atoms in total. The number of carboxylic acid groups (broad SMARTS) is 1. The van der Waals surface area contributed by atoms with Gasteiger partial charge in [-0.3, -0.25) is 14.5 Å². The molecule has 2 amide bonds. The van der Waals surface area contributed by atoms with Crippen molar-refractivity contribution in [2.24, 2.45) is 17.4 Å². The Morgan fingerprint density at radius 1 is 1.12 bits per heavy atom. The van der Waals surface area contributed by atoms with Crippen LogP contribution in [-0.2, 0) is 14.4 Å². The van der Waals surface area contributed by atoms with Gasteiger partial charge in [0.15, 0.2) is 0 Å². The first-order valence-electron chi connectivity index (χ1n) is 5.32. The zero-order valence-electron chi connectivity index (χ0n) is 10.0. The summed E-state index contributed by atoms with van der Waals surface area (Å²) in [6.07, 6.45) is 0.173. The number of rotatable bonds is 6. The van der Waals surface area contributed by atoms with Crippen molar-refractivity contribution in [3.8, 4) is 0 Å². The lowest BCUT2D eigenvalue weighted by Crippen LogP contribution is -2.53. The summed E-state index contributed by atoms with van der Waals surface area (Å²) in [5, 5.41) is 9.05. The van der Waals surface area contributed by atoms with Crippen LogP contribution < -0.4 is 11.5 Å². The molecule has 17 heavy (non-hydrogen) atoms. The fourth-order valence-electron chi connectivity index (χ4n) is 1.45. The third kappa shape index (κ3) is 4.49. The normalized spacial score (nSPS) is 12.3. The van der Waals surface area contributed by atoms with Crippen LogP contribution in [0.1, 0.15) is 20.3 Å². The smallest absolute Gasteiger partial charge is 0.326 e. The number of carboxylic acids is 1. The van der Waals surface area contributed by atoms with E-state index in [4.69, 9.17) is 16.6 Å². The second-order valence-corrected chi connectivity index (χ2v) is 4.05. The average molecular weight is 245 g/mol. The minimum absolute atomic E-state index is 0.0229. The maximum atomic E-state index is 11.5. The Labute approximate surface area is 99.7 Å². The summed E-state index contributed by atoms with van der Waals surface area (Å²) in [7, 11) is 0. The van der Waals surface area contributed by atoms with Gasteiger partial charge in [0.1, 0.15) is 6.04 Å². The lowest BCUT2D eigenvalue weighted by Gasteiger charge is -2.27. The highest BCUT2D eigenvalue weighted by Crippen LogP contribution is 2.12. The zero-order chi connectivity index (χ0) is 13.6. The average Bonchev–Trinajstić information content (AvgIpc) is 2.26. The lowest BCUT2D eigenvalue weighted by atomic mass is 10.0. The van der Waals surface area contributed by atoms with Crippen molar-refractivity contribution in [1.82, 2.24) is 4.90 Å². The van der Waals surface area contributed by atoms with Gasteiger partial charge in [0.2, 0.25) is 11.8 Å². The van der Waals surface area contributed by atoms with Crippen molar-refractivity contribution in [3.05, 3.63) is 0 Å². The van der Waals surface area contributed by atoms with Crippen LogP contribution in [0.2, 0.25) is 0 Å². The van der Waals surface area contributed by atoms with Crippen LogP contribution in [0.3, 0.4) is 0 Å². The highest BCUT2D eigenvalue weighted by atomic mass is 16.4. The first-order chi connectivity index (χ1) is 7.84. The van der Waals surface area contributed by atoms with Crippen LogP contribution in [0.4, 0.5) is 0 Å². The van der Waals surface area contributed by atoms with Crippen molar-refractivity contribution in [2.75, 3.05) is 13.1 Å². The van der Waals surface area contributed by atoms with E-state index >= 15 is 0 Å². The van der Waals surface area contributed by atoms with E-state index < -0.39 is 36.9 Å². The molecule has 0 fully saturated rings. The van der Waals surface area contributed by atoms with Gasteiger partial charge in [0.25, 0.3) is 0 Å². The molecule has 1 atom stereocenters. The van der Waals surface area contributed by atoms with Crippen molar-refractivity contribution >= 4 is 17.8 Å². The number of imide groups is 1. The second-order valence-electron chi connectivity index (χ2n) is 4.05. The molecule has 7 heteroatoms. The summed E-state index contributed by atoms with van der Waals surface area (Å²) in [6, 6.07) is -1.21. The van der Waals surface area contributed by atoms with Gasteiger partial charge in [-0.05, 0) is 12.3 Å². The van der Waals surface area contributed by atoms with E-state index in [2.05, 4.69) is 0 Å². The fourth-order valence-corrected chi connectivity index (χ4v) is 1.45. The molecule has 0 aromatic rings. The van der Waals surface area contributed by atoms with Crippen LogP contribution in [0.25, 0.3) is 0 Å². The third-order valence-corrected chi connectivity index (χ3v) is 2.18.